The summed E-state index contributed by atoms with van der Waals surface area (Å²) in [5, 5.41) is 2.69. The fourth-order valence-corrected chi connectivity index (χ4v) is 3.60. The quantitative estimate of drug-likeness (QED) is 0.733. The van der Waals surface area contributed by atoms with Crippen LogP contribution in [0.15, 0.2) is 60.3 Å². The van der Waals surface area contributed by atoms with Crippen LogP contribution in [0.3, 0.4) is 0 Å². The summed E-state index contributed by atoms with van der Waals surface area (Å²) in [6.07, 6.45) is 2.92. The molecule has 140 valence electrons. The maximum atomic E-state index is 14.3. The second-order valence-corrected chi connectivity index (χ2v) is 7.13. The number of amides is 2. The molecule has 0 aromatic heterocycles. The molecule has 1 N–H and O–H groups in total. The summed E-state index contributed by atoms with van der Waals surface area (Å²) in [5.41, 5.74) is 0.706. The highest BCUT2D eigenvalue weighted by molar-refractivity contribution is 9.15. The van der Waals surface area contributed by atoms with E-state index in [1.54, 1.807) is 47.4 Å². The van der Waals surface area contributed by atoms with E-state index >= 15 is 0 Å². The largest absolute Gasteiger partial charge is 0.337 e. The number of likely N-dealkylation sites (tertiary alicyclic amines) is 1. The zero-order valence-electron chi connectivity index (χ0n) is 14.8. The van der Waals surface area contributed by atoms with Crippen LogP contribution >= 0.6 is 15.9 Å². The molecule has 1 fully saturated rings. The van der Waals surface area contributed by atoms with Gasteiger partial charge in [0.15, 0.2) is 0 Å². The van der Waals surface area contributed by atoms with Gasteiger partial charge in [-0.3, -0.25) is 9.59 Å². The molecule has 1 heterocycles. The lowest BCUT2D eigenvalue weighted by molar-refractivity contribution is -0.128. The summed E-state index contributed by atoms with van der Waals surface area (Å²) in [6, 6.07) is 14.8. The van der Waals surface area contributed by atoms with Gasteiger partial charge in [-0.1, -0.05) is 36.4 Å². The number of hydrogen-bond donors (Lipinski definition) is 1. The first kappa shape index (κ1) is 19.3. The summed E-state index contributed by atoms with van der Waals surface area (Å²) in [6.45, 7) is 1.25. The van der Waals surface area contributed by atoms with E-state index in [1.807, 2.05) is 6.07 Å². The molecule has 4 nitrogen and oxygen atoms in total. The van der Waals surface area contributed by atoms with Gasteiger partial charge >= 0.3 is 0 Å². The molecule has 2 amide bonds. The predicted octanol–water partition coefficient (Wildman–Crippen LogP) is 4.33. The average molecular weight is 431 g/mol. The van der Waals surface area contributed by atoms with E-state index in [0.29, 0.717) is 18.7 Å². The first-order valence-electron chi connectivity index (χ1n) is 8.88. The molecule has 27 heavy (non-hydrogen) atoms. The number of nitrogens with zero attached hydrogens (tertiary/aromatic N) is 1. The molecule has 0 radical (unpaired) electrons. The minimum absolute atomic E-state index is 0.0517. The minimum Gasteiger partial charge on any atom is -0.337 e. The summed E-state index contributed by atoms with van der Waals surface area (Å²) in [4.78, 5) is 27.4. The molecule has 0 saturated carbocycles. The van der Waals surface area contributed by atoms with Gasteiger partial charge in [0.05, 0.1) is 4.48 Å². The molecular weight excluding hydrogens is 411 g/mol. The summed E-state index contributed by atoms with van der Waals surface area (Å²) >= 11 is 3.35. The molecular formula is C21H20BrFN2O2. The predicted molar refractivity (Wildman–Crippen MR) is 107 cm³/mol. The highest BCUT2D eigenvalue weighted by Crippen LogP contribution is 2.28. The molecule has 1 aliphatic heterocycles. The molecule has 1 saturated heterocycles. The Morgan fingerprint density at radius 2 is 1.56 bits per heavy atom. The maximum Gasteiger partial charge on any atom is 0.271 e. The number of hydrogen-bond acceptors (Lipinski definition) is 2. The van der Waals surface area contributed by atoms with E-state index in [4.69, 9.17) is 0 Å². The summed E-state index contributed by atoms with van der Waals surface area (Å²) in [7, 11) is 0. The Balaban J connectivity index is 1.98. The highest BCUT2D eigenvalue weighted by Gasteiger charge is 2.26. The van der Waals surface area contributed by atoms with Crippen LogP contribution in [0.4, 0.5) is 4.39 Å². The maximum absolute atomic E-state index is 14.3. The Morgan fingerprint density at radius 3 is 2.22 bits per heavy atom. The first-order chi connectivity index (χ1) is 13.1. The van der Waals surface area contributed by atoms with Crippen molar-refractivity contribution in [1.82, 2.24) is 10.2 Å². The van der Waals surface area contributed by atoms with E-state index in [1.165, 1.54) is 6.07 Å². The van der Waals surface area contributed by atoms with E-state index in [2.05, 4.69) is 21.2 Å². The Hall–Kier alpha value is -2.47. The van der Waals surface area contributed by atoms with Crippen molar-refractivity contribution in [3.63, 3.8) is 0 Å². The molecule has 0 atom stereocenters. The number of rotatable bonds is 4. The number of nitrogens with one attached hydrogen (secondary N) is 1. The standard InChI is InChI=1S/C21H20BrFN2O2/c22-18(16-11-5-6-12-17(16)23)19(21(27)25-13-7-2-8-14-25)24-20(26)15-9-3-1-4-10-15/h1,3-6,9-12H,2,7-8,13-14H2,(H,24,26)/b19-18+. The zero-order valence-corrected chi connectivity index (χ0v) is 16.3. The zero-order chi connectivity index (χ0) is 19.2. The molecule has 0 aliphatic carbocycles. The van der Waals surface area contributed by atoms with Crippen LogP contribution < -0.4 is 5.32 Å². The third-order valence-corrected chi connectivity index (χ3v) is 5.29. The van der Waals surface area contributed by atoms with Crippen molar-refractivity contribution in [2.45, 2.75) is 19.3 Å². The molecule has 0 unspecified atom stereocenters. The van der Waals surface area contributed by atoms with Gasteiger partial charge in [-0.2, -0.15) is 0 Å². The van der Waals surface area contributed by atoms with Gasteiger partial charge in [0, 0.05) is 24.2 Å². The van der Waals surface area contributed by atoms with Crippen LogP contribution in [0.25, 0.3) is 4.48 Å². The van der Waals surface area contributed by atoms with Crippen molar-refractivity contribution >= 4 is 32.2 Å². The van der Waals surface area contributed by atoms with E-state index in [9.17, 15) is 14.0 Å². The van der Waals surface area contributed by atoms with Crippen molar-refractivity contribution in [2.75, 3.05) is 13.1 Å². The Morgan fingerprint density at radius 1 is 0.926 bits per heavy atom. The number of carbonyl (C=O) groups is 2. The summed E-state index contributed by atoms with van der Waals surface area (Å²) < 4.78 is 14.5. The smallest absolute Gasteiger partial charge is 0.271 e. The van der Waals surface area contributed by atoms with Crippen molar-refractivity contribution in [3.8, 4) is 0 Å². The number of carbonyl (C=O) groups excluding carboxylic acids is 2. The third-order valence-electron chi connectivity index (χ3n) is 4.46. The van der Waals surface area contributed by atoms with Gasteiger partial charge < -0.3 is 10.2 Å². The Kier molecular flexibility index (Phi) is 6.40. The van der Waals surface area contributed by atoms with Crippen LogP contribution in [-0.4, -0.2) is 29.8 Å². The van der Waals surface area contributed by atoms with E-state index in [0.717, 1.165) is 19.3 Å². The molecule has 2 aromatic rings. The molecule has 3 rings (SSSR count). The normalized spacial score (nSPS) is 15.1. The molecule has 2 aromatic carbocycles. The van der Waals surface area contributed by atoms with E-state index in [-0.39, 0.29) is 21.7 Å². The van der Waals surface area contributed by atoms with Crippen molar-refractivity contribution in [3.05, 3.63) is 77.2 Å². The molecule has 0 spiro atoms. The van der Waals surface area contributed by atoms with Gasteiger partial charge in [-0.15, -0.1) is 0 Å². The SMILES string of the molecule is O=C(N/C(C(=O)N1CCCCC1)=C(/Br)c1ccccc1F)c1ccccc1. The highest BCUT2D eigenvalue weighted by atomic mass is 79.9. The second kappa shape index (κ2) is 8.95. The van der Waals surface area contributed by atoms with Gasteiger partial charge in [0.1, 0.15) is 11.5 Å². The van der Waals surface area contributed by atoms with Crippen molar-refractivity contribution in [1.29, 1.82) is 0 Å². The monoisotopic (exact) mass is 430 g/mol. The number of halogens is 2. The topological polar surface area (TPSA) is 49.4 Å². The van der Waals surface area contributed by atoms with Gasteiger partial charge in [0.25, 0.3) is 11.8 Å². The molecule has 6 heteroatoms. The fraction of sp³-hybridized carbons (Fsp3) is 0.238. The lowest BCUT2D eigenvalue weighted by Crippen LogP contribution is -2.41. The number of piperidine rings is 1. The Labute approximate surface area is 166 Å². The number of benzene rings is 2. The molecule has 0 bridgehead atoms. The molecule has 1 aliphatic rings. The first-order valence-corrected chi connectivity index (χ1v) is 9.67. The van der Waals surface area contributed by atoms with E-state index < -0.39 is 11.7 Å². The Bertz CT molecular complexity index is 861. The van der Waals surface area contributed by atoms with Gasteiger partial charge in [-0.25, -0.2) is 4.39 Å². The third kappa shape index (κ3) is 4.63. The fourth-order valence-electron chi connectivity index (χ4n) is 3.01. The van der Waals surface area contributed by atoms with Crippen LogP contribution in [0.2, 0.25) is 0 Å². The summed E-state index contributed by atoms with van der Waals surface area (Å²) in [5.74, 6) is -1.19. The lowest BCUT2D eigenvalue weighted by atomic mass is 10.1. The van der Waals surface area contributed by atoms with Crippen LogP contribution in [0, 0.1) is 5.82 Å². The average Bonchev–Trinajstić information content (AvgIpc) is 2.72. The second-order valence-electron chi connectivity index (χ2n) is 6.34. The minimum atomic E-state index is -0.470. The lowest BCUT2D eigenvalue weighted by Gasteiger charge is -2.28. The van der Waals surface area contributed by atoms with Gasteiger partial charge in [-0.05, 0) is 53.4 Å². The van der Waals surface area contributed by atoms with Crippen molar-refractivity contribution in [2.24, 2.45) is 0 Å². The van der Waals surface area contributed by atoms with Crippen molar-refractivity contribution < 1.29 is 14.0 Å². The van der Waals surface area contributed by atoms with Crippen LogP contribution in [0.5, 0.6) is 0 Å². The van der Waals surface area contributed by atoms with Crippen LogP contribution in [0.1, 0.15) is 35.2 Å². The van der Waals surface area contributed by atoms with Gasteiger partial charge in [0.2, 0.25) is 0 Å². The van der Waals surface area contributed by atoms with Crippen LogP contribution in [-0.2, 0) is 4.79 Å².